The average molecular weight is 852 g/mol. The number of ether oxygens (including phenoxy) is 2. The zero-order valence-corrected chi connectivity index (χ0v) is 38.2. The van der Waals surface area contributed by atoms with Gasteiger partial charge < -0.3 is 25.2 Å². The lowest BCUT2D eigenvalue weighted by molar-refractivity contribution is -0.154. The molecule has 10 nitrogen and oxygen atoms in total. The van der Waals surface area contributed by atoms with E-state index in [0.29, 0.717) is 13.0 Å². The molecule has 0 aromatic carbocycles. The fourth-order valence-corrected chi connectivity index (χ4v) is 6.90. The highest BCUT2D eigenvalue weighted by atomic mass is 31.2. The highest BCUT2D eigenvalue weighted by molar-refractivity contribution is 7.47. The van der Waals surface area contributed by atoms with Gasteiger partial charge in [0.1, 0.15) is 12.1 Å². The molecule has 3 atom stereocenters. The third-order valence-corrected chi connectivity index (χ3v) is 10.7. The van der Waals surface area contributed by atoms with Crippen molar-refractivity contribution in [1.82, 2.24) is 0 Å². The quantitative estimate of drug-likeness (QED) is 0.0233. The SMILES string of the molecule is CCC/C=C\C/C=C\CCCCCCCCOCC(COP(=O)(O)OCC(N)C(=O)O)OC(=O)CCCCCCCCCC/C=C\C/C=C\C/C=C\CCCCCCC. The van der Waals surface area contributed by atoms with Crippen LogP contribution < -0.4 is 5.73 Å². The van der Waals surface area contributed by atoms with Crippen LogP contribution in [0.4, 0.5) is 0 Å². The van der Waals surface area contributed by atoms with Crippen molar-refractivity contribution < 1.29 is 42.7 Å². The molecule has 0 aliphatic carbocycles. The summed E-state index contributed by atoms with van der Waals surface area (Å²) in [5.41, 5.74) is 5.36. The van der Waals surface area contributed by atoms with Crippen molar-refractivity contribution in [3.63, 3.8) is 0 Å². The Bertz CT molecular complexity index is 1170. The number of rotatable bonds is 44. The molecular formula is C48H86NO9P. The third kappa shape index (κ3) is 43.6. The van der Waals surface area contributed by atoms with Crippen LogP contribution in [0, 0.1) is 0 Å². The number of esters is 1. The number of carbonyl (C=O) groups excluding carboxylic acids is 1. The standard InChI is InChI=1S/C48H86NO9P/c1-3-5-7-9-11-13-15-17-19-20-21-22-23-24-25-26-27-28-30-32-34-36-38-40-47(50)58-45(43-56-59(53,54)57-44-46(49)48(51)52)42-55-41-39-37-35-33-31-29-18-16-14-12-10-8-6-4-2/h8,10,14-17,20-21,23-24,45-46H,3-7,9,11-13,18-19,22,25-44,49H2,1-2H3,(H,51,52)(H,53,54)/b10-8-,16-14-,17-15-,21-20-,24-23-. The highest BCUT2D eigenvalue weighted by Gasteiger charge is 2.27. The largest absolute Gasteiger partial charge is 0.480 e. The zero-order valence-electron chi connectivity index (χ0n) is 37.3. The number of hydrogen-bond acceptors (Lipinski definition) is 8. The first kappa shape index (κ1) is 56.7. The predicted octanol–water partition coefficient (Wildman–Crippen LogP) is 13.2. The topological polar surface area (TPSA) is 155 Å². The number of hydrogen-bond donors (Lipinski definition) is 3. The molecule has 0 fully saturated rings. The molecule has 0 aliphatic rings. The van der Waals surface area contributed by atoms with Crippen LogP contribution in [0.25, 0.3) is 0 Å². The van der Waals surface area contributed by atoms with E-state index in [1.54, 1.807) is 0 Å². The normalized spacial score (nSPS) is 14.4. The summed E-state index contributed by atoms with van der Waals surface area (Å²) < 4.78 is 33.4. The first-order chi connectivity index (χ1) is 28.7. The summed E-state index contributed by atoms with van der Waals surface area (Å²) in [6, 6.07) is -1.48. The Morgan fingerprint density at radius 2 is 0.966 bits per heavy atom. The van der Waals surface area contributed by atoms with Crippen molar-refractivity contribution in [2.75, 3.05) is 26.4 Å². The summed E-state index contributed by atoms with van der Waals surface area (Å²) >= 11 is 0. The fourth-order valence-electron chi connectivity index (χ4n) is 6.12. The second-order valence-electron chi connectivity index (χ2n) is 15.5. The van der Waals surface area contributed by atoms with Crippen molar-refractivity contribution in [3.8, 4) is 0 Å². The molecule has 0 bridgehead atoms. The minimum atomic E-state index is -4.62. The Labute approximate surface area is 360 Å². The van der Waals surface area contributed by atoms with Gasteiger partial charge in [0.15, 0.2) is 0 Å². The van der Waals surface area contributed by atoms with Gasteiger partial charge in [0.2, 0.25) is 0 Å². The number of phosphoric acid groups is 1. The first-order valence-electron chi connectivity index (χ1n) is 23.3. The van der Waals surface area contributed by atoms with Gasteiger partial charge in [-0.15, -0.1) is 0 Å². The van der Waals surface area contributed by atoms with Crippen LogP contribution in [0.2, 0.25) is 0 Å². The molecule has 11 heteroatoms. The van der Waals surface area contributed by atoms with E-state index in [1.807, 2.05) is 0 Å². The minimum absolute atomic E-state index is 0.00437. The lowest BCUT2D eigenvalue weighted by Gasteiger charge is -2.20. The number of carbonyl (C=O) groups is 2. The number of carboxylic acids is 1. The second-order valence-corrected chi connectivity index (χ2v) is 17.0. The second kappa shape index (κ2) is 43.7. The van der Waals surface area contributed by atoms with Gasteiger partial charge >= 0.3 is 19.8 Å². The van der Waals surface area contributed by atoms with Crippen LogP contribution in [-0.2, 0) is 32.7 Å². The minimum Gasteiger partial charge on any atom is -0.480 e. The monoisotopic (exact) mass is 852 g/mol. The maximum absolute atomic E-state index is 12.7. The van der Waals surface area contributed by atoms with Crippen LogP contribution in [0.3, 0.4) is 0 Å². The van der Waals surface area contributed by atoms with E-state index in [-0.39, 0.29) is 13.0 Å². The Kier molecular flexibility index (Phi) is 42.0. The van der Waals surface area contributed by atoms with Gasteiger partial charge in [-0.25, -0.2) is 4.57 Å². The maximum Gasteiger partial charge on any atom is 0.472 e. The summed E-state index contributed by atoms with van der Waals surface area (Å²) in [5, 5.41) is 8.90. The van der Waals surface area contributed by atoms with Crippen LogP contribution in [0.5, 0.6) is 0 Å². The fraction of sp³-hybridized carbons (Fsp3) is 0.750. The van der Waals surface area contributed by atoms with Crippen molar-refractivity contribution in [2.24, 2.45) is 5.73 Å². The van der Waals surface area contributed by atoms with Gasteiger partial charge in [-0.1, -0.05) is 171 Å². The van der Waals surface area contributed by atoms with E-state index in [4.69, 9.17) is 29.4 Å². The summed E-state index contributed by atoms with van der Waals surface area (Å²) in [6.45, 7) is 3.77. The Balaban J connectivity index is 4.20. The molecule has 0 heterocycles. The summed E-state index contributed by atoms with van der Waals surface area (Å²) in [4.78, 5) is 33.6. The van der Waals surface area contributed by atoms with Gasteiger partial charge in [0, 0.05) is 13.0 Å². The molecule has 0 amide bonds. The van der Waals surface area contributed by atoms with Gasteiger partial charge in [0.05, 0.1) is 19.8 Å². The van der Waals surface area contributed by atoms with E-state index in [2.05, 4.69) is 74.6 Å². The van der Waals surface area contributed by atoms with Crippen LogP contribution in [0.1, 0.15) is 194 Å². The Hall–Kier alpha value is -2.33. The van der Waals surface area contributed by atoms with Crippen molar-refractivity contribution in [1.29, 1.82) is 0 Å². The van der Waals surface area contributed by atoms with Gasteiger partial charge in [-0.2, -0.15) is 0 Å². The zero-order chi connectivity index (χ0) is 43.3. The van der Waals surface area contributed by atoms with E-state index in [1.165, 1.54) is 89.9 Å². The number of nitrogens with two attached hydrogens (primary N) is 1. The predicted molar refractivity (Wildman–Crippen MR) is 244 cm³/mol. The number of aliphatic carboxylic acids is 1. The molecule has 59 heavy (non-hydrogen) atoms. The molecule has 0 aromatic rings. The molecule has 342 valence electrons. The maximum atomic E-state index is 12.7. The smallest absolute Gasteiger partial charge is 0.472 e. The molecule has 0 aliphatic heterocycles. The molecule has 0 spiro atoms. The first-order valence-corrected chi connectivity index (χ1v) is 24.8. The third-order valence-electron chi connectivity index (χ3n) is 9.75. The van der Waals surface area contributed by atoms with Crippen LogP contribution in [-0.4, -0.2) is 60.5 Å². The molecule has 0 radical (unpaired) electrons. The molecule has 3 unspecified atom stereocenters. The molecule has 0 saturated carbocycles. The summed E-state index contributed by atoms with van der Waals surface area (Å²) in [6.07, 6.45) is 52.7. The number of allylic oxidation sites excluding steroid dienone is 10. The molecule has 4 N–H and O–H groups in total. The average Bonchev–Trinajstić information content (AvgIpc) is 3.21. The van der Waals surface area contributed by atoms with Crippen LogP contribution >= 0.6 is 7.82 Å². The van der Waals surface area contributed by atoms with Crippen molar-refractivity contribution in [2.45, 2.75) is 206 Å². The Morgan fingerprint density at radius 1 is 0.542 bits per heavy atom. The highest BCUT2D eigenvalue weighted by Crippen LogP contribution is 2.43. The molecular weight excluding hydrogens is 765 g/mol. The van der Waals surface area contributed by atoms with Crippen molar-refractivity contribution >= 4 is 19.8 Å². The summed E-state index contributed by atoms with van der Waals surface area (Å²) in [7, 11) is -4.62. The lowest BCUT2D eigenvalue weighted by Crippen LogP contribution is -2.34. The Morgan fingerprint density at radius 3 is 1.46 bits per heavy atom. The number of unbranched alkanes of at least 4 members (excludes halogenated alkanes) is 20. The number of carboxylic acid groups (broad SMARTS) is 1. The van der Waals surface area contributed by atoms with E-state index >= 15 is 0 Å². The van der Waals surface area contributed by atoms with Gasteiger partial charge in [0.25, 0.3) is 0 Å². The van der Waals surface area contributed by atoms with Crippen LogP contribution in [0.15, 0.2) is 60.8 Å². The van der Waals surface area contributed by atoms with E-state index < -0.39 is 45.1 Å². The molecule has 0 saturated heterocycles. The summed E-state index contributed by atoms with van der Waals surface area (Å²) in [5.74, 6) is -1.79. The van der Waals surface area contributed by atoms with Gasteiger partial charge in [-0.05, 0) is 77.0 Å². The molecule has 0 aromatic heterocycles. The number of phosphoric ester groups is 1. The van der Waals surface area contributed by atoms with Crippen molar-refractivity contribution in [3.05, 3.63) is 60.8 Å². The van der Waals surface area contributed by atoms with E-state index in [0.717, 1.165) is 77.0 Å². The van der Waals surface area contributed by atoms with E-state index in [9.17, 15) is 19.0 Å². The van der Waals surface area contributed by atoms with Gasteiger partial charge in [-0.3, -0.25) is 18.6 Å². The lowest BCUT2D eigenvalue weighted by atomic mass is 10.1. The molecule has 0 rings (SSSR count).